The molecule has 1 saturated heterocycles. The van der Waals surface area contributed by atoms with E-state index in [9.17, 15) is 14.4 Å². The lowest BCUT2D eigenvalue weighted by Gasteiger charge is -2.19. The molecule has 1 aliphatic rings. The van der Waals surface area contributed by atoms with Gasteiger partial charge in [-0.3, -0.25) is 14.4 Å². The first-order valence-corrected chi connectivity index (χ1v) is 12.0. The van der Waals surface area contributed by atoms with Gasteiger partial charge in [0.15, 0.2) is 0 Å². The van der Waals surface area contributed by atoms with E-state index in [2.05, 4.69) is 20.8 Å². The fourth-order valence-electron chi connectivity index (χ4n) is 3.86. The summed E-state index contributed by atoms with van der Waals surface area (Å²) in [4.78, 5) is 39.2. The Kier molecular flexibility index (Phi) is 7.23. The Labute approximate surface area is 206 Å². The molecule has 10 heteroatoms. The lowest BCUT2D eigenvalue weighted by Crippen LogP contribution is -2.28. The van der Waals surface area contributed by atoms with Crippen LogP contribution in [0, 0.1) is 19.8 Å². The quantitative estimate of drug-likeness (QED) is 0.517. The smallest absolute Gasteiger partial charge is 0.252 e. The summed E-state index contributed by atoms with van der Waals surface area (Å²) in [5.41, 5.74) is 3.38. The number of hydrogen-bond acceptors (Lipinski definition) is 6. The molecule has 0 spiro atoms. The highest BCUT2D eigenvalue weighted by molar-refractivity contribution is 7.15. The fraction of sp³-hybridized carbons (Fsp3) is 0.292. The van der Waals surface area contributed by atoms with Gasteiger partial charge in [0.25, 0.3) is 5.91 Å². The third-order valence-electron chi connectivity index (χ3n) is 5.58. The summed E-state index contributed by atoms with van der Waals surface area (Å²) >= 11 is 7.28. The molecule has 0 aliphatic carbocycles. The average molecular weight is 498 g/mol. The molecule has 0 radical (unpaired) electrons. The number of nitrogens with zero attached hydrogens (tertiary/aromatic N) is 3. The zero-order valence-electron chi connectivity index (χ0n) is 18.8. The number of carbonyl (C=O) groups is 3. The van der Waals surface area contributed by atoms with Crippen LogP contribution in [0.2, 0.25) is 5.02 Å². The van der Waals surface area contributed by atoms with Gasteiger partial charge in [-0.1, -0.05) is 52.8 Å². The van der Waals surface area contributed by atoms with E-state index in [4.69, 9.17) is 11.6 Å². The lowest BCUT2D eigenvalue weighted by atomic mass is 10.1. The number of rotatable bonds is 7. The number of anilines is 2. The molecule has 1 aliphatic heterocycles. The van der Waals surface area contributed by atoms with Crippen LogP contribution in [0.3, 0.4) is 0 Å². The van der Waals surface area contributed by atoms with Crippen LogP contribution in [0.25, 0.3) is 0 Å². The Bertz CT molecular complexity index is 1240. The molecule has 0 bridgehead atoms. The SMILES string of the molecule is Cc1ccc(N2CC(C(=O)Nc3nnc(CCNC(=O)c4ccccc4Cl)s3)CC2=O)c(C)c1. The normalized spacial score (nSPS) is 15.4. The van der Waals surface area contributed by atoms with E-state index >= 15 is 0 Å². The Morgan fingerprint density at radius 3 is 2.74 bits per heavy atom. The number of aryl methyl sites for hydroxylation is 2. The maximum atomic E-state index is 12.8. The van der Waals surface area contributed by atoms with E-state index in [1.807, 2.05) is 32.0 Å². The second kappa shape index (κ2) is 10.3. The van der Waals surface area contributed by atoms with Crippen molar-refractivity contribution in [2.75, 3.05) is 23.3 Å². The van der Waals surface area contributed by atoms with Gasteiger partial charge in [-0.25, -0.2) is 0 Å². The molecule has 0 saturated carbocycles. The minimum atomic E-state index is -0.463. The van der Waals surface area contributed by atoms with Crippen LogP contribution in [0.15, 0.2) is 42.5 Å². The standard InChI is InChI=1S/C24H24ClN5O3S/c1-14-7-8-19(15(2)11-14)30-13-16(12-21(30)31)22(32)27-24-29-28-20(34-24)9-10-26-23(33)17-5-3-4-6-18(17)25/h3-8,11,16H,9-10,12-13H2,1-2H3,(H,26,33)(H,27,29,32). The third-order valence-corrected chi connectivity index (χ3v) is 6.81. The van der Waals surface area contributed by atoms with Gasteiger partial charge in [0.05, 0.1) is 16.5 Å². The molecule has 1 unspecified atom stereocenters. The van der Waals surface area contributed by atoms with Crippen molar-refractivity contribution in [2.24, 2.45) is 5.92 Å². The molecule has 1 fully saturated rings. The van der Waals surface area contributed by atoms with Crippen molar-refractivity contribution in [1.29, 1.82) is 0 Å². The lowest BCUT2D eigenvalue weighted by molar-refractivity contribution is -0.122. The van der Waals surface area contributed by atoms with Gasteiger partial charge >= 0.3 is 0 Å². The molecule has 34 heavy (non-hydrogen) atoms. The second-order valence-electron chi connectivity index (χ2n) is 8.17. The molecule has 3 amide bonds. The van der Waals surface area contributed by atoms with Crippen LogP contribution in [-0.4, -0.2) is 41.0 Å². The Morgan fingerprint density at radius 1 is 1.18 bits per heavy atom. The summed E-state index contributed by atoms with van der Waals surface area (Å²) in [5, 5.41) is 15.1. The molecule has 3 aromatic rings. The van der Waals surface area contributed by atoms with Crippen molar-refractivity contribution < 1.29 is 14.4 Å². The summed E-state index contributed by atoms with van der Waals surface area (Å²) < 4.78 is 0. The van der Waals surface area contributed by atoms with Gasteiger partial charge in [0.1, 0.15) is 5.01 Å². The minimum absolute atomic E-state index is 0.0701. The number of nitrogens with one attached hydrogen (secondary N) is 2. The van der Waals surface area contributed by atoms with Crippen molar-refractivity contribution in [3.8, 4) is 0 Å². The van der Waals surface area contributed by atoms with Crippen molar-refractivity contribution in [3.05, 3.63) is 69.2 Å². The van der Waals surface area contributed by atoms with Crippen LogP contribution in [0.4, 0.5) is 10.8 Å². The average Bonchev–Trinajstić information content (AvgIpc) is 3.40. The number of hydrogen-bond donors (Lipinski definition) is 2. The highest BCUT2D eigenvalue weighted by Gasteiger charge is 2.36. The number of aromatic nitrogens is 2. The molecule has 2 heterocycles. The highest BCUT2D eigenvalue weighted by Crippen LogP contribution is 2.29. The van der Waals surface area contributed by atoms with Crippen molar-refractivity contribution in [3.63, 3.8) is 0 Å². The van der Waals surface area contributed by atoms with Crippen LogP contribution < -0.4 is 15.5 Å². The zero-order chi connectivity index (χ0) is 24.2. The van der Waals surface area contributed by atoms with Crippen LogP contribution >= 0.6 is 22.9 Å². The summed E-state index contributed by atoms with van der Waals surface area (Å²) in [7, 11) is 0. The van der Waals surface area contributed by atoms with E-state index in [1.54, 1.807) is 29.2 Å². The van der Waals surface area contributed by atoms with E-state index in [0.29, 0.717) is 40.2 Å². The number of amides is 3. The van der Waals surface area contributed by atoms with E-state index in [1.165, 1.54) is 11.3 Å². The van der Waals surface area contributed by atoms with Gasteiger partial charge in [-0.05, 0) is 37.6 Å². The summed E-state index contributed by atoms with van der Waals surface area (Å²) in [6, 6.07) is 12.7. The molecule has 2 N–H and O–H groups in total. The van der Waals surface area contributed by atoms with Crippen molar-refractivity contribution in [2.45, 2.75) is 26.7 Å². The molecular formula is C24H24ClN5O3S. The fourth-order valence-corrected chi connectivity index (χ4v) is 4.82. The summed E-state index contributed by atoms with van der Waals surface area (Å²) in [6.45, 7) is 4.65. The third kappa shape index (κ3) is 5.43. The Balaban J connectivity index is 1.29. The highest BCUT2D eigenvalue weighted by atomic mass is 35.5. The molecule has 2 aromatic carbocycles. The zero-order valence-corrected chi connectivity index (χ0v) is 20.4. The van der Waals surface area contributed by atoms with E-state index < -0.39 is 5.92 Å². The molecule has 176 valence electrons. The number of halogens is 1. The topological polar surface area (TPSA) is 104 Å². The van der Waals surface area contributed by atoms with Crippen LogP contribution in [-0.2, 0) is 16.0 Å². The number of carbonyl (C=O) groups excluding carboxylic acids is 3. The first-order valence-electron chi connectivity index (χ1n) is 10.9. The van der Waals surface area contributed by atoms with Crippen molar-refractivity contribution in [1.82, 2.24) is 15.5 Å². The largest absolute Gasteiger partial charge is 0.352 e. The van der Waals surface area contributed by atoms with Crippen molar-refractivity contribution >= 4 is 51.5 Å². The van der Waals surface area contributed by atoms with Crippen LogP contribution in [0.1, 0.15) is 32.9 Å². The van der Waals surface area contributed by atoms with Gasteiger partial charge in [-0.15, -0.1) is 10.2 Å². The summed E-state index contributed by atoms with van der Waals surface area (Å²) in [6.07, 6.45) is 0.616. The van der Waals surface area contributed by atoms with Gasteiger partial charge in [0.2, 0.25) is 16.9 Å². The minimum Gasteiger partial charge on any atom is -0.352 e. The molecular weight excluding hydrogens is 474 g/mol. The first-order chi connectivity index (χ1) is 16.3. The predicted molar refractivity (Wildman–Crippen MR) is 132 cm³/mol. The van der Waals surface area contributed by atoms with Gasteiger partial charge in [-0.2, -0.15) is 0 Å². The molecule has 1 aromatic heterocycles. The van der Waals surface area contributed by atoms with Crippen LogP contribution in [0.5, 0.6) is 0 Å². The second-order valence-corrected chi connectivity index (χ2v) is 9.64. The monoisotopic (exact) mass is 497 g/mol. The van der Waals surface area contributed by atoms with Gasteiger partial charge < -0.3 is 15.5 Å². The van der Waals surface area contributed by atoms with E-state index in [0.717, 1.165) is 16.8 Å². The maximum absolute atomic E-state index is 12.8. The Morgan fingerprint density at radius 2 is 1.97 bits per heavy atom. The predicted octanol–water partition coefficient (Wildman–Crippen LogP) is 3.77. The summed E-state index contributed by atoms with van der Waals surface area (Å²) in [5.74, 6) is -1.05. The first kappa shape index (κ1) is 23.8. The Hall–Kier alpha value is -3.30. The molecule has 8 nitrogen and oxygen atoms in total. The van der Waals surface area contributed by atoms with Gasteiger partial charge in [0, 0.05) is 31.6 Å². The maximum Gasteiger partial charge on any atom is 0.252 e. The molecule has 1 atom stereocenters. The number of benzene rings is 2. The molecule has 4 rings (SSSR count). The van der Waals surface area contributed by atoms with E-state index in [-0.39, 0.29) is 24.1 Å².